The fourth-order valence-corrected chi connectivity index (χ4v) is 3.90. The van der Waals surface area contributed by atoms with Crippen molar-refractivity contribution in [1.29, 1.82) is 0 Å². The van der Waals surface area contributed by atoms with E-state index in [1.807, 2.05) is 84.9 Å². The van der Waals surface area contributed by atoms with Gasteiger partial charge in [-0.1, -0.05) is 62.4 Å². The van der Waals surface area contributed by atoms with Gasteiger partial charge in [0.25, 0.3) is 0 Å². The largest absolute Gasteiger partial charge is 0.497 e. The van der Waals surface area contributed by atoms with Gasteiger partial charge < -0.3 is 23.8 Å². The molecule has 0 bridgehead atoms. The first kappa shape index (κ1) is 26.1. The lowest BCUT2D eigenvalue weighted by atomic mass is 9.78. The summed E-state index contributed by atoms with van der Waals surface area (Å²) in [7, 11) is 3.26. The van der Waals surface area contributed by atoms with Crippen LogP contribution in [0.25, 0.3) is 11.1 Å². The molecule has 6 heteroatoms. The van der Waals surface area contributed by atoms with E-state index in [2.05, 4.69) is 26.0 Å². The molecule has 37 heavy (non-hydrogen) atoms. The van der Waals surface area contributed by atoms with Crippen LogP contribution in [0.4, 0.5) is 0 Å². The second kappa shape index (κ2) is 12.3. The molecule has 0 aliphatic heterocycles. The lowest BCUT2D eigenvalue weighted by Crippen LogP contribution is -2.18. The minimum Gasteiger partial charge on any atom is -0.497 e. The van der Waals surface area contributed by atoms with Crippen LogP contribution in [0.5, 0.6) is 23.0 Å². The van der Waals surface area contributed by atoms with Crippen molar-refractivity contribution in [2.75, 3.05) is 27.8 Å². The van der Waals surface area contributed by atoms with E-state index >= 15 is 0 Å². The zero-order valence-electron chi connectivity index (χ0n) is 21.6. The van der Waals surface area contributed by atoms with E-state index in [0.29, 0.717) is 11.5 Å². The second-order valence-corrected chi connectivity index (χ2v) is 8.94. The van der Waals surface area contributed by atoms with Crippen molar-refractivity contribution in [2.45, 2.75) is 19.3 Å². The summed E-state index contributed by atoms with van der Waals surface area (Å²) in [5.41, 5.74) is 4.32. The third kappa shape index (κ3) is 6.82. The smallest absolute Gasteiger partial charge is 0.232 e. The standard InChI is InChI=1S/C31H32O6/c1-31(2,25-9-17-29(18-10-25)34-21-32-3)26-11-19-30(20-12-26)37-36-22-35-28-15-7-24(8-16-28)23-5-13-27(33-4)14-6-23/h5-20H,21-22H2,1-4H3. The van der Waals surface area contributed by atoms with Crippen molar-refractivity contribution in [3.8, 4) is 34.1 Å². The van der Waals surface area contributed by atoms with E-state index in [1.165, 1.54) is 5.56 Å². The van der Waals surface area contributed by atoms with Crippen molar-refractivity contribution < 1.29 is 28.7 Å². The number of methoxy groups -OCH3 is 2. The van der Waals surface area contributed by atoms with Gasteiger partial charge in [0.2, 0.25) is 6.79 Å². The number of hydrogen-bond donors (Lipinski definition) is 0. The highest BCUT2D eigenvalue weighted by atomic mass is 17.2. The molecule has 0 N–H and O–H groups in total. The van der Waals surface area contributed by atoms with Crippen LogP contribution in [-0.4, -0.2) is 27.8 Å². The first-order valence-corrected chi connectivity index (χ1v) is 12.0. The lowest BCUT2D eigenvalue weighted by Gasteiger charge is -2.26. The van der Waals surface area contributed by atoms with Gasteiger partial charge in [0.1, 0.15) is 17.2 Å². The topological polar surface area (TPSA) is 55.4 Å². The van der Waals surface area contributed by atoms with Gasteiger partial charge in [-0.2, -0.15) is 0 Å². The Morgan fingerprint density at radius 1 is 0.514 bits per heavy atom. The summed E-state index contributed by atoms with van der Waals surface area (Å²) in [4.78, 5) is 10.7. The average Bonchev–Trinajstić information content (AvgIpc) is 2.95. The Morgan fingerprint density at radius 3 is 1.43 bits per heavy atom. The fourth-order valence-electron chi connectivity index (χ4n) is 3.90. The Kier molecular flexibility index (Phi) is 8.67. The molecule has 0 saturated heterocycles. The fraction of sp³-hybridized carbons (Fsp3) is 0.226. The highest BCUT2D eigenvalue weighted by molar-refractivity contribution is 5.64. The first-order chi connectivity index (χ1) is 18.0. The molecule has 0 unspecified atom stereocenters. The maximum absolute atomic E-state index is 5.64. The van der Waals surface area contributed by atoms with Gasteiger partial charge in [-0.25, -0.2) is 0 Å². The van der Waals surface area contributed by atoms with Crippen molar-refractivity contribution in [3.63, 3.8) is 0 Å². The SMILES string of the molecule is COCOc1ccc(C(C)(C)c2ccc(OOCOc3ccc(-c4ccc(OC)cc4)cc3)cc2)cc1. The lowest BCUT2D eigenvalue weighted by molar-refractivity contribution is -0.246. The minimum atomic E-state index is -0.194. The summed E-state index contributed by atoms with van der Waals surface area (Å²) in [6.07, 6.45) is 0. The van der Waals surface area contributed by atoms with Gasteiger partial charge in [-0.3, -0.25) is 0 Å². The van der Waals surface area contributed by atoms with Gasteiger partial charge >= 0.3 is 0 Å². The molecule has 4 aromatic carbocycles. The molecular formula is C31H32O6. The highest BCUT2D eigenvalue weighted by Gasteiger charge is 2.23. The molecule has 0 aromatic heterocycles. The third-order valence-electron chi connectivity index (χ3n) is 6.20. The summed E-state index contributed by atoms with van der Waals surface area (Å²) in [5.74, 6) is 2.90. The van der Waals surface area contributed by atoms with Crippen molar-refractivity contribution in [3.05, 3.63) is 108 Å². The Bertz CT molecular complexity index is 1230. The molecule has 0 aliphatic rings. The predicted molar refractivity (Wildman–Crippen MR) is 143 cm³/mol. The van der Waals surface area contributed by atoms with Crippen LogP contribution in [0.2, 0.25) is 0 Å². The molecule has 0 heterocycles. The maximum atomic E-state index is 5.64. The Hall–Kier alpha value is -4.00. The summed E-state index contributed by atoms with van der Waals surface area (Å²) in [5, 5.41) is 0. The number of rotatable bonds is 12. The van der Waals surface area contributed by atoms with E-state index in [4.69, 9.17) is 28.7 Å². The predicted octanol–water partition coefficient (Wildman–Crippen LogP) is 7.02. The van der Waals surface area contributed by atoms with Crippen LogP contribution in [0.15, 0.2) is 97.1 Å². The van der Waals surface area contributed by atoms with E-state index in [-0.39, 0.29) is 19.0 Å². The molecule has 4 rings (SSSR count). The summed E-state index contributed by atoms with van der Waals surface area (Å²) in [6, 6.07) is 31.6. The Balaban J connectivity index is 1.26. The van der Waals surface area contributed by atoms with E-state index < -0.39 is 0 Å². The summed E-state index contributed by atoms with van der Waals surface area (Å²) >= 11 is 0. The first-order valence-electron chi connectivity index (χ1n) is 12.0. The molecule has 0 aliphatic carbocycles. The summed E-state index contributed by atoms with van der Waals surface area (Å²) < 4.78 is 21.3. The quantitative estimate of drug-likeness (QED) is 0.0902. The molecule has 0 radical (unpaired) electrons. The Labute approximate surface area is 218 Å². The monoisotopic (exact) mass is 500 g/mol. The van der Waals surface area contributed by atoms with Gasteiger partial charge in [0.15, 0.2) is 12.5 Å². The highest BCUT2D eigenvalue weighted by Crippen LogP contribution is 2.33. The molecule has 0 amide bonds. The van der Waals surface area contributed by atoms with Crippen LogP contribution < -0.4 is 19.1 Å². The summed E-state index contributed by atoms with van der Waals surface area (Å²) in [6.45, 7) is 4.55. The van der Waals surface area contributed by atoms with Crippen molar-refractivity contribution in [2.24, 2.45) is 0 Å². The van der Waals surface area contributed by atoms with Crippen LogP contribution in [-0.2, 0) is 15.0 Å². The van der Waals surface area contributed by atoms with Crippen LogP contribution in [0.1, 0.15) is 25.0 Å². The molecule has 6 nitrogen and oxygen atoms in total. The number of ether oxygens (including phenoxy) is 4. The molecular weight excluding hydrogens is 468 g/mol. The van der Waals surface area contributed by atoms with Crippen LogP contribution >= 0.6 is 0 Å². The van der Waals surface area contributed by atoms with Crippen LogP contribution in [0.3, 0.4) is 0 Å². The van der Waals surface area contributed by atoms with Gasteiger partial charge in [0.05, 0.1) is 7.11 Å². The Morgan fingerprint density at radius 2 is 0.946 bits per heavy atom. The molecule has 192 valence electrons. The zero-order valence-corrected chi connectivity index (χ0v) is 21.6. The van der Waals surface area contributed by atoms with Crippen LogP contribution in [0, 0.1) is 0 Å². The van der Waals surface area contributed by atoms with Gasteiger partial charge in [-0.05, 0) is 70.8 Å². The van der Waals surface area contributed by atoms with Gasteiger partial charge in [0, 0.05) is 12.5 Å². The van der Waals surface area contributed by atoms with Crippen molar-refractivity contribution >= 4 is 0 Å². The van der Waals surface area contributed by atoms with E-state index in [9.17, 15) is 0 Å². The molecule has 0 spiro atoms. The number of benzene rings is 4. The van der Waals surface area contributed by atoms with Crippen molar-refractivity contribution in [1.82, 2.24) is 0 Å². The van der Waals surface area contributed by atoms with Gasteiger partial charge in [-0.15, -0.1) is 4.89 Å². The maximum Gasteiger partial charge on any atom is 0.232 e. The second-order valence-electron chi connectivity index (χ2n) is 8.94. The average molecular weight is 501 g/mol. The number of hydrogen-bond acceptors (Lipinski definition) is 6. The molecule has 0 atom stereocenters. The molecule has 0 fully saturated rings. The minimum absolute atomic E-state index is 0.0351. The normalized spacial score (nSPS) is 11.1. The third-order valence-corrected chi connectivity index (χ3v) is 6.20. The molecule has 0 saturated carbocycles. The zero-order chi connectivity index (χ0) is 26.1. The van der Waals surface area contributed by atoms with E-state index in [1.54, 1.807) is 14.2 Å². The van der Waals surface area contributed by atoms with E-state index in [0.717, 1.165) is 28.2 Å². The molecule has 4 aromatic rings.